The normalized spacial score (nSPS) is 15.1. The third-order valence-electron chi connectivity index (χ3n) is 5.31. The van der Waals surface area contributed by atoms with Crippen molar-refractivity contribution in [3.05, 3.63) is 60.0 Å². The predicted molar refractivity (Wildman–Crippen MR) is 109 cm³/mol. The quantitative estimate of drug-likeness (QED) is 0.491. The Morgan fingerprint density at radius 2 is 1.71 bits per heavy atom. The van der Waals surface area contributed by atoms with Gasteiger partial charge >= 0.3 is 6.18 Å². The molecule has 5 rings (SSSR count). The lowest BCUT2D eigenvalue weighted by molar-refractivity contribution is -0.137. The van der Waals surface area contributed by atoms with Crippen LogP contribution in [0, 0.1) is 6.92 Å². The second-order valence-electron chi connectivity index (χ2n) is 7.40. The summed E-state index contributed by atoms with van der Waals surface area (Å²) in [6.07, 6.45) is -2.79. The number of hydrogen-bond donors (Lipinski definition) is 0. The third kappa shape index (κ3) is 3.69. The Labute approximate surface area is 175 Å². The summed E-state index contributed by atoms with van der Waals surface area (Å²) in [7, 11) is 0. The lowest BCUT2D eigenvalue weighted by atomic mass is 10.1. The van der Waals surface area contributed by atoms with Crippen molar-refractivity contribution in [3.8, 4) is 11.6 Å². The second kappa shape index (κ2) is 7.29. The van der Waals surface area contributed by atoms with E-state index in [9.17, 15) is 13.2 Å². The zero-order valence-corrected chi connectivity index (χ0v) is 16.7. The smallest absolute Gasteiger partial charge is 0.416 e. The van der Waals surface area contributed by atoms with Gasteiger partial charge in [-0.15, -0.1) is 5.10 Å². The van der Waals surface area contributed by atoms with Gasteiger partial charge < -0.3 is 14.2 Å². The van der Waals surface area contributed by atoms with E-state index in [2.05, 4.69) is 20.0 Å². The van der Waals surface area contributed by atoms with E-state index in [1.54, 1.807) is 29.0 Å². The van der Waals surface area contributed by atoms with Crippen molar-refractivity contribution in [2.24, 2.45) is 0 Å². The van der Waals surface area contributed by atoms with Crippen molar-refractivity contribution >= 4 is 17.3 Å². The molecule has 0 radical (unpaired) electrons. The van der Waals surface area contributed by atoms with E-state index in [1.807, 2.05) is 17.9 Å². The molecule has 0 bridgehead atoms. The minimum absolute atomic E-state index is 0.451. The first kappa shape index (κ1) is 19.4. The van der Waals surface area contributed by atoms with Gasteiger partial charge in [-0.05, 0) is 37.3 Å². The Morgan fingerprint density at radius 1 is 0.935 bits per heavy atom. The maximum absolute atomic E-state index is 13.1. The van der Waals surface area contributed by atoms with Gasteiger partial charge in [0.15, 0.2) is 5.76 Å². The second-order valence-corrected chi connectivity index (χ2v) is 7.40. The van der Waals surface area contributed by atoms with Gasteiger partial charge in [0.25, 0.3) is 5.78 Å². The summed E-state index contributed by atoms with van der Waals surface area (Å²) in [5, 5.41) is 4.56. The van der Waals surface area contributed by atoms with Gasteiger partial charge in [0.05, 0.1) is 11.8 Å². The summed E-state index contributed by atoms with van der Waals surface area (Å²) < 4.78 is 46.2. The number of anilines is 2. The fourth-order valence-corrected chi connectivity index (χ4v) is 3.78. The van der Waals surface area contributed by atoms with Gasteiger partial charge in [-0.3, -0.25) is 0 Å². The average molecular weight is 428 g/mol. The van der Waals surface area contributed by atoms with Crippen LogP contribution in [0.2, 0.25) is 0 Å². The molecule has 1 aromatic carbocycles. The molecule has 4 heterocycles. The van der Waals surface area contributed by atoms with Crippen molar-refractivity contribution in [1.29, 1.82) is 0 Å². The first-order valence-electron chi connectivity index (χ1n) is 9.84. The molecule has 3 aromatic heterocycles. The molecule has 1 saturated heterocycles. The maximum atomic E-state index is 13.1. The molecule has 7 nitrogen and oxygen atoms in total. The van der Waals surface area contributed by atoms with Crippen LogP contribution in [0.25, 0.3) is 17.4 Å². The van der Waals surface area contributed by atoms with Crippen LogP contribution < -0.4 is 9.80 Å². The van der Waals surface area contributed by atoms with E-state index in [0.29, 0.717) is 49.2 Å². The summed E-state index contributed by atoms with van der Waals surface area (Å²) in [4.78, 5) is 13.0. The number of aryl methyl sites for hydroxylation is 1. The van der Waals surface area contributed by atoms with E-state index in [1.165, 1.54) is 12.1 Å². The van der Waals surface area contributed by atoms with E-state index in [-0.39, 0.29) is 0 Å². The number of alkyl halides is 3. The maximum Gasteiger partial charge on any atom is 0.416 e. The standard InChI is InChI=1S/C21H19F3N6O/c1-14-12-18(30-20(25-14)26-19(27-30)17-6-3-11-31-17)29-9-7-28(8-10-29)16-5-2-4-15(13-16)21(22,23)24/h2-6,11-13H,7-10H2,1H3. The molecule has 4 aromatic rings. The van der Waals surface area contributed by atoms with Crippen molar-refractivity contribution in [3.63, 3.8) is 0 Å². The molecule has 10 heteroatoms. The number of nitrogens with zero attached hydrogens (tertiary/aromatic N) is 6. The molecule has 0 saturated carbocycles. The van der Waals surface area contributed by atoms with Crippen LogP contribution >= 0.6 is 0 Å². The van der Waals surface area contributed by atoms with Gasteiger partial charge in [-0.25, -0.2) is 4.98 Å². The Balaban J connectivity index is 1.39. The lowest BCUT2D eigenvalue weighted by Gasteiger charge is -2.37. The SMILES string of the molecule is Cc1cc(N2CCN(c3cccc(C(F)(F)F)c3)CC2)n2nc(-c3ccco3)nc2n1. The molecule has 160 valence electrons. The predicted octanol–water partition coefficient (Wildman–Crippen LogP) is 4.04. The van der Waals surface area contributed by atoms with Crippen molar-refractivity contribution in [2.75, 3.05) is 36.0 Å². The van der Waals surface area contributed by atoms with Gasteiger partial charge in [0.2, 0.25) is 5.82 Å². The highest BCUT2D eigenvalue weighted by Gasteiger charge is 2.31. The Kier molecular flexibility index (Phi) is 4.57. The Bertz CT molecular complexity index is 1210. The molecule has 31 heavy (non-hydrogen) atoms. The van der Waals surface area contributed by atoms with Crippen LogP contribution in [0.1, 0.15) is 11.3 Å². The molecular weight excluding hydrogens is 409 g/mol. The van der Waals surface area contributed by atoms with Gasteiger partial charge in [0, 0.05) is 43.6 Å². The number of fused-ring (bicyclic) bond motifs is 1. The van der Waals surface area contributed by atoms with Crippen LogP contribution in [-0.2, 0) is 6.18 Å². The Hall–Kier alpha value is -3.56. The van der Waals surface area contributed by atoms with Crippen LogP contribution in [0.5, 0.6) is 0 Å². The third-order valence-corrected chi connectivity index (χ3v) is 5.31. The van der Waals surface area contributed by atoms with Gasteiger partial charge in [-0.1, -0.05) is 6.07 Å². The minimum Gasteiger partial charge on any atom is -0.461 e. The number of benzene rings is 1. The summed E-state index contributed by atoms with van der Waals surface area (Å²) in [6.45, 7) is 4.33. The molecule has 0 atom stereocenters. The molecule has 1 fully saturated rings. The summed E-state index contributed by atoms with van der Waals surface area (Å²) in [5.74, 6) is 2.33. The Morgan fingerprint density at radius 3 is 2.42 bits per heavy atom. The summed E-state index contributed by atoms with van der Waals surface area (Å²) in [6, 6.07) is 11.0. The number of hydrogen-bond acceptors (Lipinski definition) is 6. The van der Waals surface area contributed by atoms with Crippen LogP contribution in [0.3, 0.4) is 0 Å². The fraction of sp³-hybridized carbons (Fsp3) is 0.286. The minimum atomic E-state index is -4.35. The van der Waals surface area contributed by atoms with E-state index in [0.717, 1.165) is 17.6 Å². The lowest BCUT2D eigenvalue weighted by Crippen LogP contribution is -2.47. The van der Waals surface area contributed by atoms with Crippen molar-refractivity contribution in [2.45, 2.75) is 13.1 Å². The first-order valence-corrected chi connectivity index (χ1v) is 9.84. The molecule has 1 aliphatic heterocycles. The number of halogens is 3. The van der Waals surface area contributed by atoms with Gasteiger partial charge in [-0.2, -0.15) is 22.7 Å². The van der Waals surface area contributed by atoms with E-state index in [4.69, 9.17) is 4.42 Å². The highest BCUT2D eigenvalue weighted by atomic mass is 19.4. The largest absolute Gasteiger partial charge is 0.461 e. The first-order chi connectivity index (χ1) is 14.9. The number of piperazine rings is 1. The molecular formula is C21H19F3N6O. The van der Waals surface area contributed by atoms with E-state index < -0.39 is 11.7 Å². The van der Waals surface area contributed by atoms with Crippen LogP contribution in [0.4, 0.5) is 24.7 Å². The summed E-state index contributed by atoms with van der Waals surface area (Å²) >= 11 is 0. The monoisotopic (exact) mass is 428 g/mol. The molecule has 1 aliphatic rings. The molecule has 0 aliphatic carbocycles. The van der Waals surface area contributed by atoms with Crippen molar-refractivity contribution < 1.29 is 17.6 Å². The zero-order valence-electron chi connectivity index (χ0n) is 16.7. The average Bonchev–Trinajstić information content (AvgIpc) is 3.42. The zero-order chi connectivity index (χ0) is 21.6. The number of aromatic nitrogens is 4. The molecule has 0 amide bonds. The number of rotatable bonds is 3. The fourth-order valence-electron chi connectivity index (χ4n) is 3.78. The van der Waals surface area contributed by atoms with Crippen LogP contribution in [0.15, 0.2) is 53.1 Å². The molecule has 0 spiro atoms. The highest BCUT2D eigenvalue weighted by Crippen LogP contribution is 2.32. The van der Waals surface area contributed by atoms with E-state index >= 15 is 0 Å². The number of furan rings is 1. The topological polar surface area (TPSA) is 62.7 Å². The molecule has 0 N–H and O–H groups in total. The highest BCUT2D eigenvalue weighted by molar-refractivity contribution is 5.56. The van der Waals surface area contributed by atoms with Gasteiger partial charge in [0.1, 0.15) is 5.82 Å². The van der Waals surface area contributed by atoms with Crippen LogP contribution in [-0.4, -0.2) is 45.8 Å². The molecule has 0 unspecified atom stereocenters. The summed E-state index contributed by atoms with van der Waals surface area (Å²) in [5.41, 5.74) is 0.750. The van der Waals surface area contributed by atoms with Crippen molar-refractivity contribution in [1.82, 2.24) is 19.6 Å².